The van der Waals surface area contributed by atoms with E-state index in [1.54, 1.807) is 48.4 Å². The highest BCUT2D eigenvalue weighted by Gasteiger charge is 2.21. The lowest BCUT2D eigenvalue weighted by Crippen LogP contribution is -2.30. The van der Waals surface area contributed by atoms with Gasteiger partial charge in [0.15, 0.2) is 0 Å². The average molecular weight is 341 g/mol. The normalized spacial score (nSPS) is 15.2. The van der Waals surface area contributed by atoms with Crippen LogP contribution in [0.25, 0.3) is 0 Å². The quantitative estimate of drug-likeness (QED) is 0.865. The van der Waals surface area contributed by atoms with Crippen LogP contribution in [0.3, 0.4) is 0 Å². The van der Waals surface area contributed by atoms with Crippen LogP contribution in [0.15, 0.2) is 36.7 Å². The summed E-state index contributed by atoms with van der Waals surface area (Å²) in [5, 5.41) is 9.96. The number of nitrogens with zero attached hydrogens (tertiary/aromatic N) is 3. The molecule has 7 heteroatoms. The lowest BCUT2D eigenvalue weighted by molar-refractivity contribution is -0.118. The van der Waals surface area contributed by atoms with E-state index >= 15 is 0 Å². The molecule has 1 saturated heterocycles. The summed E-state index contributed by atoms with van der Waals surface area (Å²) in [5.74, 6) is -0.118. The molecule has 1 fully saturated rings. The maximum Gasteiger partial charge on any atom is 0.253 e. The molecule has 7 nitrogen and oxygen atoms in total. The number of carbonyl (C=O) groups is 2. The number of aryl methyl sites for hydroxylation is 1. The van der Waals surface area contributed by atoms with Gasteiger partial charge in [-0.3, -0.25) is 14.3 Å². The number of amides is 2. The van der Waals surface area contributed by atoms with E-state index in [2.05, 4.69) is 15.7 Å². The number of hydrogen-bond donors (Lipinski definition) is 2. The van der Waals surface area contributed by atoms with E-state index in [-0.39, 0.29) is 11.8 Å². The number of likely N-dealkylation sites (tertiary alicyclic amines) is 1. The Morgan fingerprint density at radius 1 is 1.16 bits per heavy atom. The van der Waals surface area contributed by atoms with E-state index in [9.17, 15) is 9.59 Å². The minimum atomic E-state index is -0.486. The van der Waals surface area contributed by atoms with Crippen molar-refractivity contribution in [1.82, 2.24) is 20.0 Å². The summed E-state index contributed by atoms with van der Waals surface area (Å²) < 4.78 is 1.66. The molecule has 1 aliphatic heterocycles. The molecule has 1 aliphatic rings. The number of likely N-dealkylation sites (N-methyl/N-ethyl adjacent to an activating group) is 1. The molecule has 0 aliphatic carbocycles. The van der Waals surface area contributed by atoms with Crippen LogP contribution in [0.1, 0.15) is 34.8 Å². The maximum absolute atomic E-state index is 12.5. The van der Waals surface area contributed by atoms with Crippen molar-refractivity contribution >= 4 is 17.5 Å². The van der Waals surface area contributed by atoms with Crippen molar-refractivity contribution in [3.8, 4) is 0 Å². The highest BCUT2D eigenvalue weighted by atomic mass is 16.2. The predicted molar refractivity (Wildman–Crippen MR) is 95.2 cm³/mol. The lowest BCUT2D eigenvalue weighted by Gasteiger charge is -2.16. The van der Waals surface area contributed by atoms with Crippen molar-refractivity contribution in [2.24, 2.45) is 7.05 Å². The fourth-order valence-electron chi connectivity index (χ4n) is 3.05. The largest absolute Gasteiger partial charge is 0.339 e. The van der Waals surface area contributed by atoms with E-state index in [1.807, 2.05) is 11.9 Å². The van der Waals surface area contributed by atoms with Crippen LogP contribution in [0.4, 0.5) is 5.69 Å². The molecule has 3 rings (SSSR count). The van der Waals surface area contributed by atoms with E-state index in [0.29, 0.717) is 11.3 Å². The minimum Gasteiger partial charge on any atom is -0.339 e. The first-order valence-corrected chi connectivity index (χ1v) is 8.44. The SMILES string of the molecule is CNC(C(=O)Nc1ccc(C(=O)N2CCCC2)cc1)c1cnn(C)c1. The van der Waals surface area contributed by atoms with Crippen LogP contribution in [0.5, 0.6) is 0 Å². The number of nitrogens with one attached hydrogen (secondary N) is 2. The Kier molecular flexibility index (Phi) is 5.14. The predicted octanol–water partition coefficient (Wildman–Crippen LogP) is 1.56. The summed E-state index contributed by atoms with van der Waals surface area (Å²) in [4.78, 5) is 26.7. The fourth-order valence-corrected chi connectivity index (χ4v) is 3.05. The van der Waals surface area contributed by atoms with Crippen LogP contribution in [-0.4, -0.2) is 46.6 Å². The number of carbonyl (C=O) groups excluding carboxylic acids is 2. The van der Waals surface area contributed by atoms with Crippen molar-refractivity contribution in [3.63, 3.8) is 0 Å². The summed E-state index contributed by atoms with van der Waals surface area (Å²) in [6, 6.07) is 6.55. The molecule has 0 saturated carbocycles. The van der Waals surface area contributed by atoms with Gasteiger partial charge in [-0.05, 0) is 44.2 Å². The molecular weight excluding hydrogens is 318 g/mol. The molecule has 0 spiro atoms. The van der Waals surface area contributed by atoms with Crippen LogP contribution >= 0.6 is 0 Å². The Bertz CT molecular complexity index is 747. The Balaban J connectivity index is 1.66. The Labute approximate surface area is 147 Å². The molecule has 1 atom stereocenters. The van der Waals surface area contributed by atoms with Crippen molar-refractivity contribution in [1.29, 1.82) is 0 Å². The first-order chi connectivity index (χ1) is 12.1. The van der Waals surface area contributed by atoms with Gasteiger partial charge in [0.2, 0.25) is 5.91 Å². The number of hydrogen-bond acceptors (Lipinski definition) is 4. The topological polar surface area (TPSA) is 79.3 Å². The maximum atomic E-state index is 12.5. The van der Waals surface area contributed by atoms with Gasteiger partial charge in [0.25, 0.3) is 5.91 Å². The van der Waals surface area contributed by atoms with E-state index in [1.165, 1.54) is 0 Å². The smallest absolute Gasteiger partial charge is 0.253 e. The molecule has 1 aromatic heterocycles. The summed E-state index contributed by atoms with van der Waals surface area (Å²) in [7, 11) is 3.54. The molecule has 0 radical (unpaired) electrons. The molecule has 132 valence electrons. The Morgan fingerprint density at radius 3 is 2.40 bits per heavy atom. The molecular formula is C18H23N5O2. The first kappa shape index (κ1) is 17.2. The Hall–Kier alpha value is -2.67. The standard InChI is InChI=1S/C18H23N5O2/c1-19-16(14-11-20-22(2)12-14)17(24)21-15-7-5-13(6-8-15)18(25)23-9-3-4-10-23/h5-8,11-12,16,19H,3-4,9-10H2,1-2H3,(H,21,24). The highest BCUT2D eigenvalue weighted by Crippen LogP contribution is 2.18. The zero-order chi connectivity index (χ0) is 17.8. The van der Waals surface area contributed by atoms with Gasteiger partial charge in [0.1, 0.15) is 6.04 Å². The second kappa shape index (κ2) is 7.48. The Morgan fingerprint density at radius 2 is 1.84 bits per heavy atom. The first-order valence-electron chi connectivity index (χ1n) is 8.44. The molecule has 25 heavy (non-hydrogen) atoms. The number of aromatic nitrogens is 2. The van der Waals surface area contributed by atoms with Gasteiger partial charge in [-0.2, -0.15) is 5.10 Å². The number of rotatable bonds is 5. The van der Waals surface area contributed by atoms with Gasteiger partial charge in [-0.25, -0.2) is 0 Å². The second-order valence-electron chi connectivity index (χ2n) is 6.23. The van der Waals surface area contributed by atoms with Crippen LogP contribution in [-0.2, 0) is 11.8 Å². The van der Waals surface area contributed by atoms with Gasteiger partial charge >= 0.3 is 0 Å². The van der Waals surface area contributed by atoms with Crippen molar-refractivity contribution in [2.45, 2.75) is 18.9 Å². The minimum absolute atomic E-state index is 0.0545. The van der Waals surface area contributed by atoms with Gasteiger partial charge in [0, 0.05) is 43.1 Å². The second-order valence-corrected chi connectivity index (χ2v) is 6.23. The summed E-state index contributed by atoms with van der Waals surface area (Å²) in [5.41, 5.74) is 2.10. The van der Waals surface area contributed by atoms with E-state index < -0.39 is 6.04 Å². The third-order valence-electron chi connectivity index (χ3n) is 4.40. The van der Waals surface area contributed by atoms with E-state index in [4.69, 9.17) is 0 Å². The van der Waals surface area contributed by atoms with Crippen molar-refractivity contribution in [2.75, 3.05) is 25.5 Å². The number of benzene rings is 1. The molecule has 2 N–H and O–H groups in total. The van der Waals surface area contributed by atoms with Gasteiger partial charge in [-0.15, -0.1) is 0 Å². The third-order valence-corrected chi connectivity index (χ3v) is 4.40. The zero-order valence-corrected chi connectivity index (χ0v) is 14.5. The molecule has 1 aromatic carbocycles. The molecule has 2 aromatic rings. The molecule has 0 bridgehead atoms. The van der Waals surface area contributed by atoms with Gasteiger partial charge in [-0.1, -0.05) is 0 Å². The van der Waals surface area contributed by atoms with Crippen LogP contribution < -0.4 is 10.6 Å². The monoisotopic (exact) mass is 341 g/mol. The summed E-state index contributed by atoms with van der Waals surface area (Å²) in [6.07, 6.45) is 5.61. The summed E-state index contributed by atoms with van der Waals surface area (Å²) in [6.45, 7) is 1.65. The summed E-state index contributed by atoms with van der Waals surface area (Å²) >= 11 is 0. The van der Waals surface area contributed by atoms with Crippen LogP contribution in [0, 0.1) is 0 Å². The zero-order valence-electron chi connectivity index (χ0n) is 14.5. The third kappa shape index (κ3) is 3.88. The lowest BCUT2D eigenvalue weighted by atomic mass is 10.1. The van der Waals surface area contributed by atoms with Crippen molar-refractivity contribution in [3.05, 3.63) is 47.8 Å². The fraction of sp³-hybridized carbons (Fsp3) is 0.389. The van der Waals surface area contributed by atoms with Gasteiger partial charge in [0.05, 0.1) is 6.20 Å². The van der Waals surface area contributed by atoms with E-state index in [0.717, 1.165) is 31.5 Å². The van der Waals surface area contributed by atoms with Gasteiger partial charge < -0.3 is 15.5 Å². The van der Waals surface area contributed by atoms with Crippen molar-refractivity contribution < 1.29 is 9.59 Å². The molecule has 1 unspecified atom stereocenters. The van der Waals surface area contributed by atoms with Crippen LogP contribution in [0.2, 0.25) is 0 Å². The number of anilines is 1. The molecule has 2 amide bonds. The highest BCUT2D eigenvalue weighted by molar-refractivity contribution is 5.97. The molecule has 2 heterocycles. The average Bonchev–Trinajstić information content (AvgIpc) is 3.28.